The van der Waals surface area contributed by atoms with Crippen molar-refractivity contribution in [1.82, 2.24) is 0 Å². The van der Waals surface area contributed by atoms with Crippen molar-refractivity contribution in [2.45, 2.75) is 51.6 Å². The van der Waals surface area contributed by atoms with Crippen LogP contribution in [0.2, 0.25) is 0 Å². The third-order valence-electron chi connectivity index (χ3n) is 2.18. The SMILES string of the molecule is C#CCCCCCCOC(CC)C(=O)O. The molecule has 15 heavy (non-hydrogen) atoms. The minimum absolute atomic E-state index is 0.520. The molecule has 0 bridgehead atoms. The molecule has 0 radical (unpaired) electrons. The maximum atomic E-state index is 10.6. The lowest BCUT2D eigenvalue weighted by molar-refractivity contribution is -0.150. The normalized spacial score (nSPS) is 12.0. The average molecular weight is 212 g/mol. The molecule has 0 heterocycles. The first-order chi connectivity index (χ1) is 7.22. The van der Waals surface area contributed by atoms with Crippen molar-refractivity contribution in [2.24, 2.45) is 0 Å². The van der Waals surface area contributed by atoms with Crippen LogP contribution in [0.25, 0.3) is 0 Å². The molecule has 86 valence electrons. The van der Waals surface area contributed by atoms with E-state index in [2.05, 4.69) is 5.92 Å². The van der Waals surface area contributed by atoms with Gasteiger partial charge >= 0.3 is 5.97 Å². The summed E-state index contributed by atoms with van der Waals surface area (Å²) in [7, 11) is 0. The van der Waals surface area contributed by atoms with Crippen LogP contribution >= 0.6 is 0 Å². The Morgan fingerprint density at radius 3 is 2.60 bits per heavy atom. The van der Waals surface area contributed by atoms with E-state index in [0.717, 1.165) is 32.1 Å². The van der Waals surface area contributed by atoms with Gasteiger partial charge < -0.3 is 9.84 Å². The average Bonchev–Trinajstić information content (AvgIpc) is 2.21. The molecule has 3 heteroatoms. The highest BCUT2D eigenvalue weighted by molar-refractivity contribution is 5.72. The van der Waals surface area contributed by atoms with Gasteiger partial charge in [0.05, 0.1) is 0 Å². The fraction of sp³-hybridized carbons (Fsp3) is 0.750. The number of ether oxygens (including phenoxy) is 1. The van der Waals surface area contributed by atoms with Gasteiger partial charge in [0.15, 0.2) is 6.10 Å². The van der Waals surface area contributed by atoms with E-state index in [4.69, 9.17) is 16.3 Å². The van der Waals surface area contributed by atoms with Crippen LogP contribution in [0, 0.1) is 12.3 Å². The second kappa shape index (κ2) is 9.54. The second-order valence-electron chi connectivity index (χ2n) is 3.47. The van der Waals surface area contributed by atoms with Crippen molar-refractivity contribution < 1.29 is 14.6 Å². The van der Waals surface area contributed by atoms with E-state index in [1.54, 1.807) is 0 Å². The minimum Gasteiger partial charge on any atom is -0.479 e. The Labute approximate surface area is 91.8 Å². The molecular weight excluding hydrogens is 192 g/mol. The monoisotopic (exact) mass is 212 g/mol. The van der Waals surface area contributed by atoms with Crippen molar-refractivity contribution in [3.05, 3.63) is 0 Å². The van der Waals surface area contributed by atoms with Crippen LogP contribution in [0.4, 0.5) is 0 Å². The van der Waals surface area contributed by atoms with Gasteiger partial charge in [-0.15, -0.1) is 12.3 Å². The fourth-order valence-electron chi connectivity index (χ4n) is 1.27. The number of carbonyl (C=O) groups is 1. The van der Waals surface area contributed by atoms with Crippen molar-refractivity contribution in [2.75, 3.05) is 6.61 Å². The second-order valence-corrected chi connectivity index (χ2v) is 3.47. The highest BCUT2D eigenvalue weighted by Crippen LogP contribution is 2.05. The molecule has 1 unspecified atom stereocenters. The fourth-order valence-corrected chi connectivity index (χ4v) is 1.27. The van der Waals surface area contributed by atoms with Gasteiger partial charge in [-0.05, 0) is 19.3 Å². The summed E-state index contributed by atoms with van der Waals surface area (Å²) in [6.07, 6.45) is 9.93. The summed E-state index contributed by atoms with van der Waals surface area (Å²) in [5, 5.41) is 8.70. The van der Waals surface area contributed by atoms with Gasteiger partial charge in [0.2, 0.25) is 0 Å². The van der Waals surface area contributed by atoms with E-state index in [9.17, 15) is 4.79 Å². The van der Waals surface area contributed by atoms with E-state index in [1.165, 1.54) is 0 Å². The van der Waals surface area contributed by atoms with Crippen LogP contribution < -0.4 is 0 Å². The molecule has 3 nitrogen and oxygen atoms in total. The molecule has 0 fully saturated rings. The maximum absolute atomic E-state index is 10.6. The predicted molar refractivity (Wildman–Crippen MR) is 59.6 cm³/mol. The zero-order valence-corrected chi connectivity index (χ0v) is 9.37. The molecule has 0 aromatic rings. The first-order valence-electron chi connectivity index (χ1n) is 5.50. The molecule has 1 atom stereocenters. The lowest BCUT2D eigenvalue weighted by atomic mass is 10.1. The van der Waals surface area contributed by atoms with Crippen LogP contribution in [-0.4, -0.2) is 23.8 Å². The Hall–Kier alpha value is -1.01. The van der Waals surface area contributed by atoms with Gasteiger partial charge in [-0.1, -0.05) is 19.8 Å². The number of carboxylic acids is 1. The highest BCUT2D eigenvalue weighted by Gasteiger charge is 2.14. The summed E-state index contributed by atoms with van der Waals surface area (Å²) in [4.78, 5) is 10.6. The Kier molecular flexibility index (Phi) is 8.90. The van der Waals surface area contributed by atoms with Gasteiger partial charge in [-0.3, -0.25) is 0 Å². The van der Waals surface area contributed by atoms with E-state index < -0.39 is 12.1 Å². The summed E-state index contributed by atoms with van der Waals surface area (Å²) in [6, 6.07) is 0. The molecule has 0 saturated heterocycles. The van der Waals surface area contributed by atoms with Crippen LogP contribution in [0.5, 0.6) is 0 Å². The molecule has 0 amide bonds. The number of hydrogen-bond donors (Lipinski definition) is 1. The van der Waals surface area contributed by atoms with Crippen molar-refractivity contribution in [3.63, 3.8) is 0 Å². The number of unbranched alkanes of at least 4 members (excludes halogenated alkanes) is 4. The van der Waals surface area contributed by atoms with Crippen LogP contribution in [0.15, 0.2) is 0 Å². The van der Waals surface area contributed by atoms with Gasteiger partial charge in [-0.2, -0.15) is 0 Å². The quantitative estimate of drug-likeness (QED) is 0.471. The predicted octanol–water partition coefficient (Wildman–Crippen LogP) is 2.45. The summed E-state index contributed by atoms with van der Waals surface area (Å²) in [5.74, 6) is 1.72. The molecule has 0 aliphatic rings. The maximum Gasteiger partial charge on any atom is 0.332 e. The molecule has 0 aliphatic carbocycles. The summed E-state index contributed by atoms with van der Waals surface area (Å²) in [5.41, 5.74) is 0. The molecule has 0 spiro atoms. The van der Waals surface area contributed by atoms with E-state index in [0.29, 0.717) is 13.0 Å². The van der Waals surface area contributed by atoms with Gasteiger partial charge in [0, 0.05) is 13.0 Å². The van der Waals surface area contributed by atoms with E-state index >= 15 is 0 Å². The topological polar surface area (TPSA) is 46.5 Å². The van der Waals surface area contributed by atoms with Crippen molar-refractivity contribution in [3.8, 4) is 12.3 Å². The molecule has 0 saturated carbocycles. The van der Waals surface area contributed by atoms with E-state index in [-0.39, 0.29) is 0 Å². The highest BCUT2D eigenvalue weighted by atomic mass is 16.5. The minimum atomic E-state index is -0.871. The summed E-state index contributed by atoms with van der Waals surface area (Å²) >= 11 is 0. The molecule has 0 aliphatic heterocycles. The lowest BCUT2D eigenvalue weighted by Crippen LogP contribution is -2.23. The zero-order chi connectivity index (χ0) is 11.5. The molecular formula is C12H20O3. The Bertz CT molecular complexity index is 205. The zero-order valence-electron chi connectivity index (χ0n) is 9.37. The number of carboxylic acid groups (broad SMARTS) is 1. The number of hydrogen-bond acceptors (Lipinski definition) is 2. The van der Waals surface area contributed by atoms with Gasteiger partial charge in [0.25, 0.3) is 0 Å². The molecule has 0 rings (SSSR count). The van der Waals surface area contributed by atoms with Crippen LogP contribution in [0.1, 0.15) is 45.4 Å². The first kappa shape index (κ1) is 14.0. The van der Waals surface area contributed by atoms with Crippen LogP contribution in [-0.2, 0) is 9.53 Å². The summed E-state index contributed by atoms with van der Waals surface area (Å²) in [6.45, 7) is 2.34. The molecule has 0 aromatic carbocycles. The smallest absolute Gasteiger partial charge is 0.332 e. The third-order valence-corrected chi connectivity index (χ3v) is 2.18. The molecule has 1 N–H and O–H groups in total. The van der Waals surface area contributed by atoms with E-state index in [1.807, 2.05) is 6.92 Å². The number of terminal acetylenes is 1. The molecule has 0 aromatic heterocycles. The van der Waals surface area contributed by atoms with Crippen molar-refractivity contribution in [1.29, 1.82) is 0 Å². The lowest BCUT2D eigenvalue weighted by Gasteiger charge is -2.10. The summed E-state index contributed by atoms with van der Waals surface area (Å²) < 4.78 is 5.22. The Morgan fingerprint density at radius 1 is 1.40 bits per heavy atom. The largest absolute Gasteiger partial charge is 0.479 e. The van der Waals surface area contributed by atoms with Gasteiger partial charge in [-0.25, -0.2) is 4.79 Å². The standard InChI is InChI=1S/C12H20O3/c1-3-5-6-7-8-9-10-15-11(4-2)12(13)14/h1,11H,4-10H2,2H3,(H,13,14). The first-order valence-corrected chi connectivity index (χ1v) is 5.50. The number of rotatable bonds is 9. The number of aliphatic carboxylic acids is 1. The third kappa shape index (κ3) is 8.02. The Morgan fingerprint density at radius 2 is 2.07 bits per heavy atom. The van der Waals surface area contributed by atoms with Crippen molar-refractivity contribution >= 4 is 5.97 Å². The van der Waals surface area contributed by atoms with Crippen LogP contribution in [0.3, 0.4) is 0 Å². The Balaban J connectivity index is 3.30. The van der Waals surface area contributed by atoms with Gasteiger partial charge in [0.1, 0.15) is 0 Å².